The van der Waals surface area contributed by atoms with Crippen LogP contribution < -0.4 is 10.2 Å². The second-order valence-corrected chi connectivity index (χ2v) is 5.93. The van der Waals surface area contributed by atoms with E-state index >= 15 is 0 Å². The molecule has 0 aromatic heterocycles. The summed E-state index contributed by atoms with van der Waals surface area (Å²) in [5, 5.41) is 2.79. The standard InChI is InChI=1S/C19H23FN2O/c1-14(2)22(17-10-8-15(3)9-11-17)13-19(23)21-12-16-6-4-5-7-18(16)20/h4-11,14H,12-13H2,1-3H3,(H,21,23). The second-order valence-electron chi connectivity index (χ2n) is 5.93. The van der Waals surface area contributed by atoms with E-state index in [1.54, 1.807) is 18.2 Å². The molecule has 2 aromatic carbocycles. The van der Waals surface area contributed by atoms with E-state index in [0.29, 0.717) is 5.56 Å². The van der Waals surface area contributed by atoms with Gasteiger partial charge in [-0.15, -0.1) is 0 Å². The summed E-state index contributed by atoms with van der Waals surface area (Å²) in [6.45, 7) is 6.57. The fourth-order valence-electron chi connectivity index (χ4n) is 2.35. The quantitative estimate of drug-likeness (QED) is 0.882. The molecule has 4 heteroatoms. The molecule has 2 rings (SSSR count). The van der Waals surface area contributed by atoms with Crippen LogP contribution in [0.25, 0.3) is 0 Å². The fraction of sp³-hybridized carbons (Fsp3) is 0.316. The predicted octanol–water partition coefficient (Wildman–Crippen LogP) is 3.67. The normalized spacial score (nSPS) is 10.7. The van der Waals surface area contributed by atoms with Gasteiger partial charge in [-0.05, 0) is 39.0 Å². The third-order valence-electron chi connectivity index (χ3n) is 3.74. The largest absolute Gasteiger partial charge is 0.360 e. The molecule has 0 bridgehead atoms. The van der Waals surface area contributed by atoms with Crippen molar-refractivity contribution >= 4 is 11.6 Å². The van der Waals surface area contributed by atoms with Crippen molar-refractivity contribution < 1.29 is 9.18 Å². The Hall–Kier alpha value is -2.36. The Morgan fingerprint density at radius 2 is 1.78 bits per heavy atom. The van der Waals surface area contributed by atoms with Crippen LogP contribution in [0.4, 0.5) is 10.1 Å². The van der Waals surface area contributed by atoms with E-state index in [9.17, 15) is 9.18 Å². The first kappa shape index (κ1) is 17.0. The minimum Gasteiger partial charge on any atom is -0.360 e. The summed E-state index contributed by atoms with van der Waals surface area (Å²) in [6.07, 6.45) is 0. The van der Waals surface area contributed by atoms with Crippen molar-refractivity contribution in [3.8, 4) is 0 Å². The van der Waals surface area contributed by atoms with E-state index in [-0.39, 0.29) is 30.9 Å². The molecule has 2 aromatic rings. The summed E-state index contributed by atoms with van der Waals surface area (Å²) >= 11 is 0. The Kier molecular flexibility index (Phi) is 5.74. The summed E-state index contributed by atoms with van der Waals surface area (Å²) in [4.78, 5) is 14.2. The molecule has 0 saturated heterocycles. The van der Waals surface area contributed by atoms with Gasteiger partial charge in [0.15, 0.2) is 0 Å². The SMILES string of the molecule is Cc1ccc(N(CC(=O)NCc2ccccc2F)C(C)C)cc1. The van der Waals surface area contributed by atoms with Crippen molar-refractivity contribution in [2.45, 2.75) is 33.4 Å². The highest BCUT2D eigenvalue weighted by Crippen LogP contribution is 2.17. The second kappa shape index (κ2) is 7.77. The number of aryl methyl sites for hydroxylation is 1. The molecular formula is C19H23FN2O. The van der Waals surface area contributed by atoms with Crippen LogP contribution in [0.15, 0.2) is 48.5 Å². The molecule has 0 spiro atoms. The van der Waals surface area contributed by atoms with Crippen molar-refractivity contribution in [3.63, 3.8) is 0 Å². The van der Waals surface area contributed by atoms with Crippen molar-refractivity contribution in [3.05, 3.63) is 65.5 Å². The zero-order chi connectivity index (χ0) is 16.8. The van der Waals surface area contributed by atoms with E-state index in [1.165, 1.54) is 11.6 Å². The lowest BCUT2D eigenvalue weighted by Crippen LogP contribution is -2.40. The molecule has 0 unspecified atom stereocenters. The number of hydrogen-bond acceptors (Lipinski definition) is 2. The lowest BCUT2D eigenvalue weighted by atomic mass is 10.2. The number of nitrogens with zero attached hydrogens (tertiary/aromatic N) is 1. The fourth-order valence-corrected chi connectivity index (χ4v) is 2.35. The number of halogens is 1. The van der Waals surface area contributed by atoms with Gasteiger partial charge in [-0.2, -0.15) is 0 Å². The molecule has 23 heavy (non-hydrogen) atoms. The van der Waals surface area contributed by atoms with E-state index in [1.807, 2.05) is 49.9 Å². The summed E-state index contributed by atoms with van der Waals surface area (Å²) < 4.78 is 13.6. The maximum Gasteiger partial charge on any atom is 0.239 e. The summed E-state index contributed by atoms with van der Waals surface area (Å²) in [6, 6.07) is 14.7. The molecular weight excluding hydrogens is 291 g/mol. The van der Waals surface area contributed by atoms with Crippen LogP contribution in [0, 0.1) is 12.7 Å². The minimum absolute atomic E-state index is 0.123. The van der Waals surface area contributed by atoms with Gasteiger partial charge in [0.2, 0.25) is 5.91 Å². The molecule has 0 heterocycles. The molecule has 0 aliphatic carbocycles. The number of carbonyl (C=O) groups excluding carboxylic acids is 1. The monoisotopic (exact) mass is 314 g/mol. The van der Waals surface area contributed by atoms with Crippen molar-refractivity contribution in [2.24, 2.45) is 0 Å². The Bertz CT molecular complexity index is 653. The summed E-state index contributed by atoms with van der Waals surface area (Å²) in [7, 11) is 0. The number of rotatable bonds is 6. The van der Waals surface area contributed by atoms with Crippen LogP contribution in [-0.4, -0.2) is 18.5 Å². The zero-order valence-electron chi connectivity index (χ0n) is 13.8. The molecule has 0 aliphatic heterocycles. The Balaban J connectivity index is 1.98. The predicted molar refractivity (Wildman–Crippen MR) is 91.9 cm³/mol. The molecule has 0 saturated carbocycles. The van der Waals surface area contributed by atoms with Crippen LogP contribution >= 0.6 is 0 Å². The van der Waals surface area contributed by atoms with Gasteiger partial charge in [-0.25, -0.2) is 4.39 Å². The van der Waals surface area contributed by atoms with E-state index in [0.717, 1.165) is 5.69 Å². The number of anilines is 1. The average molecular weight is 314 g/mol. The van der Waals surface area contributed by atoms with Gasteiger partial charge in [-0.3, -0.25) is 4.79 Å². The van der Waals surface area contributed by atoms with Gasteiger partial charge in [0.05, 0.1) is 6.54 Å². The third kappa shape index (κ3) is 4.81. The van der Waals surface area contributed by atoms with E-state index in [4.69, 9.17) is 0 Å². The number of benzene rings is 2. The Morgan fingerprint density at radius 3 is 2.39 bits per heavy atom. The van der Waals surface area contributed by atoms with Gasteiger partial charge in [0.25, 0.3) is 0 Å². The number of nitrogens with one attached hydrogen (secondary N) is 1. The van der Waals surface area contributed by atoms with Gasteiger partial charge in [-0.1, -0.05) is 35.9 Å². The van der Waals surface area contributed by atoms with Gasteiger partial charge in [0, 0.05) is 23.8 Å². The highest BCUT2D eigenvalue weighted by atomic mass is 19.1. The first-order valence-corrected chi connectivity index (χ1v) is 7.81. The van der Waals surface area contributed by atoms with Gasteiger partial charge in [0.1, 0.15) is 5.82 Å². The van der Waals surface area contributed by atoms with E-state index < -0.39 is 0 Å². The van der Waals surface area contributed by atoms with Crippen molar-refractivity contribution in [1.82, 2.24) is 5.32 Å². The number of amides is 1. The molecule has 0 atom stereocenters. The molecule has 0 fully saturated rings. The molecule has 1 N–H and O–H groups in total. The highest BCUT2D eigenvalue weighted by Gasteiger charge is 2.15. The first-order valence-electron chi connectivity index (χ1n) is 7.81. The maximum absolute atomic E-state index is 13.6. The van der Waals surface area contributed by atoms with Crippen LogP contribution in [0.2, 0.25) is 0 Å². The molecule has 1 amide bonds. The Labute approximate surface area is 137 Å². The minimum atomic E-state index is -0.299. The summed E-state index contributed by atoms with van der Waals surface area (Å²) in [5.74, 6) is -0.422. The lowest BCUT2D eigenvalue weighted by Gasteiger charge is -2.28. The Morgan fingerprint density at radius 1 is 1.13 bits per heavy atom. The van der Waals surface area contributed by atoms with Crippen LogP contribution in [0.5, 0.6) is 0 Å². The first-order chi connectivity index (χ1) is 11.0. The maximum atomic E-state index is 13.6. The zero-order valence-corrected chi connectivity index (χ0v) is 13.8. The lowest BCUT2D eigenvalue weighted by molar-refractivity contribution is -0.120. The summed E-state index contributed by atoms with van der Waals surface area (Å²) in [5.41, 5.74) is 2.68. The van der Waals surface area contributed by atoms with Crippen LogP contribution in [-0.2, 0) is 11.3 Å². The molecule has 3 nitrogen and oxygen atoms in total. The van der Waals surface area contributed by atoms with Crippen LogP contribution in [0.3, 0.4) is 0 Å². The van der Waals surface area contributed by atoms with Crippen LogP contribution in [0.1, 0.15) is 25.0 Å². The van der Waals surface area contributed by atoms with Crippen molar-refractivity contribution in [1.29, 1.82) is 0 Å². The van der Waals surface area contributed by atoms with Gasteiger partial charge < -0.3 is 10.2 Å². The van der Waals surface area contributed by atoms with E-state index in [2.05, 4.69) is 5.32 Å². The van der Waals surface area contributed by atoms with Crippen molar-refractivity contribution in [2.75, 3.05) is 11.4 Å². The number of hydrogen-bond donors (Lipinski definition) is 1. The average Bonchev–Trinajstić information content (AvgIpc) is 2.52. The molecule has 0 aliphatic rings. The smallest absolute Gasteiger partial charge is 0.239 e. The van der Waals surface area contributed by atoms with Gasteiger partial charge >= 0.3 is 0 Å². The highest BCUT2D eigenvalue weighted by molar-refractivity contribution is 5.81. The molecule has 122 valence electrons. The third-order valence-corrected chi connectivity index (χ3v) is 3.74. The number of carbonyl (C=O) groups is 1. The molecule has 0 radical (unpaired) electrons. The topological polar surface area (TPSA) is 32.3 Å².